The monoisotopic (exact) mass is 243 g/mol. The average Bonchev–Trinajstić information content (AvgIpc) is 3.06. The van der Waals surface area contributed by atoms with Crippen molar-refractivity contribution in [1.29, 1.82) is 5.26 Å². The third-order valence-electron chi connectivity index (χ3n) is 4.31. The zero-order chi connectivity index (χ0) is 12.6. The average molecular weight is 243 g/mol. The van der Waals surface area contributed by atoms with Crippen LogP contribution in [0.5, 0.6) is 0 Å². The van der Waals surface area contributed by atoms with E-state index in [1.807, 2.05) is 18.2 Å². The lowest BCUT2D eigenvalue weighted by Crippen LogP contribution is -2.44. The van der Waals surface area contributed by atoms with Crippen molar-refractivity contribution in [3.8, 4) is 6.07 Å². The van der Waals surface area contributed by atoms with E-state index in [2.05, 4.69) is 12.1 Å². The Morgan fingerprint density at radius 2 is 2.28 bits per heavy atom. The first kappa shape index (κ1) is 11.7. The van der Waals surface area contributed by atoms with E-state index in [0.717, 1.165) is 24.8 Å². The Morgan fingerprint density at radius 1 is 1.44 bits per heavy atom. The van der Waals surface area contributed by atoms with Crippen LogP contribution >= 0.6 is 0 Å². The highest BCUT2D eigenvalue weighted by atomic mass is 16.5. The highest BCUT2D eigenvalue weighted by molar-refractivity contribution is 5.45. The Labute approximate surface area is 107 Å². The second-order valence-electron chi connectivity index (χ2n) is 5.24. The molecular weight excluding hydrogens is 226 g/mol. The molecule has 1 aliphatic carbocycles. The number of hydrogen-bond acceptors (Lipinski definition) is 3. The van der Waals surface area contributed by atoms with Gasteiger partial charge in [-0.25, -0.2) is 0 Å². The smallest absolute Gasteiger partial charge is 0.111 e. The van der Waals surface area contributed by atoms with Crippen LogP contribution in [-0.4, -0.2) is 23.9 Å². The highest BCUT2D eigenvalue weighted by Crippen LogP contribution is 2.43. The molecule has 0 spiro atoms. The molecule has 1 aromatic rings. The quantitative estimate of drug-likeness (QED) is 0.863. The Morgan fingerprint density at radius 3 is 3.00 bits per heavy atom. The zero-order valence-corrected chi connectivity index (χ0v) is 10.3. The molecule has 18 heavy (non-hydrogen) atoms. The third kappa shape index (κ3) is 1.57. The van der Waals surface area contributed by atoms with Crippen LogP contribution in [0.3, 0.4) is 0 Å². The molecule has 0 aromatic heterocycles. The molecule has 3 nitrogen and oxygen atoms in total. The lowest BCUT2D eigenvalue weighted by atomic mass is 9.75. The first-order valence-electron chi connectivity index (χ1n) is 6.57. The van der Waals surface area contributed by atoms with Crippen LogP contribution in [0.2, 0.25) is 0 Å². The largest absolute Gasteiger partial charge is 0.388 e. The number of aryl methyl sites for hydroxylation is 1. The van der Waals surface area contributed by atoms with Gasteiger partial charge in [-0.3, -0.25) is 0 Å². The molecule has 0 saturated carbocycles. The lowest BCUT2D eigenvalue weighted by molar-refractivity contribution is -0.0310. The fourth-order valence-corrected chi connectivity index (χ4v) is 3.30. The summed E-state index contributed by atoms with van der Waals surface area (Å²) in [6, 6.07) is 10.3. The Kier molecular flexibility index (Phi) is 2.85. The van der Waals surface area contributed by atoms with Crippen LogP contribution in [0.1, 0.15) is 30.4 Å². The van der Waals surface area contributed by atoms with Gasteiger partial charge in [0.25, 0.3) is 0 Å². The van der Waals surface area contributed by atoms with Crippen molar-refractivity contribution in [3.63, 3.8) is 0 Å². The molecule has 3 atom stereocenters. The summed E-state index contributed by atoms with van der Waals surface area (Å²) in [5.41, 5.74) is 1.41. The number of hydrogen-bond donors (Lipinski definition) is 1. The maximum absolute atomic E-state index is 10.6. The molecule has 2 aliphatic rings. The molecule has 0 bridgehead atoms. The van der Waals surface area contributed by atoms with Crippen LogP contribution in [0, 0.1) is 11.3 Å². The molecule has 94 valence electrons. The summed E-state index contributed by atoms with van der Waals surface area (Å²) in [4.78, 5) is 0. The molecule has 1 heterocycles. The van der Waals surface area contributed by atoms with Crippen LogP contribution in [0.15, 0.2) is 24.3 Å². The molecular formula is C15H17NO2. The van der Waals surface area contributed by atoms with Gasteiger partial charge in [0.2, 0.25) is 0 Å². The first-order valence-corrected chi connectivity index (χ1v) is 6.57. The fraction of sp³-hybridized carbons (Fsp3) is 0.533. The molecule has 1 N–H and O–H groups in total. The summed E-state index contributed by atoms with van der Waals surface area (Å²) in [6.07, 6.45) is 2.50. The molecule has 1 fully saturated rings. The Hall–Kier alpha value is -1.37. The summed E-state index contributed by atoms with van der Waals surface area (Å²) < 4.78 is 5.57. The van der Waals surface area contributed by atoms with E-state index in [9.17, 15) is 10.4 Å². The molecule has 3 rings (SSSR count). The van der Waals surface area contributed by atoms with Crippen molar-refractivity contribution in [1.82, 2.24) is 0 Å². The minimum atomic E-state index is -0.772. The predicted molar refractivity (Wildman–Crippen MR) is 67.0 cm³/mol. The topological polar surface area (TPSA) is 53.2 Å². The van der Waals surface area contributed by atoms with E-state index in [1.165, 1.54) is 5.56 Å². The normalized spacial score (nSPS) is 31.9. The first-order chi connectivity index (χ1) is 8.78. The highest BCUT2D eigenvalue weighted by Gasteiger charge is 2.48. The van der Waals surface area contributed by atoms with Gasteiger partial charge in [-0.05, 0) is 36.8 Å². The van der Waals surface area contributed by atoms with Gasteiger partial charge in [-0.1, -0.05) is 24.3 Å². The SMILES string of the molecule is N#CC1(C(O)C2CCCO2)CCc2ccccc21. The predicted octanol–water partition coefficient (Wildman–Crippen LogP) is 1.93. The van der Waals surface area contributed by atoms with Crippen LogP contribution < -0.4 is 0 Å². The lowest BCUT2D eigenvalue weighted by Gasteiger charge is -2.31. The second-order valence-corrected chi connectivity index (χ2v) is 5.24. The molecule has 1 aromatic carbocycles. The minimum Gasteiger partial charge on any atom is -0.388 e. The number of nitriles is 1. The van der Waals surface area contributed by atoms with Crippen LogP contribution in [0.4, 0.5) is 0 Å². The number of nitrogens with zero attached hydrogens (tertiary/aromatic N) is 1. The van der Waals surface area contributed by atoms with Gasteiger partial charge in [0.05, 0.1) is 12.2 Å². The summed E-state index contributed by atoms with van der Waals surface area (Å²) in [5, 5.41) is 20.2. The van der Waals surface area contributed by atoms with Crippen molar-refractivity contribution in [2.45, 2.75) is 43.3 Å². The summed E-state index contributed by atoms with van der Waals surface area (Å²) in [7, 11) is 0. The number of rotatable bonds is 2. The molecule has 1 saturated heterocycles. The van der Waals surface area contributed by atoms with E-state index in [-0.39, 0.29) is 6.10 Å². The van der Waals surface area contributed by atoms with Crippen molar-refractivity contribution in [2.24, 2.45) is 0 Å². The van der Waals surface area contributed by atoms with Gasteiger partial charge in [-0.15, -0.1) is 0 Å². The maximum atomic E-state index is 10.6. The van der Waals surface area contributed by atoms with Crippen LogP contribution in [-0.2, 0) is 16.6 Å². The summed E-state index contributed by atoms with van der Waals surface area (Å²) in [5.74, 6) is 0. The number of benzene rings is 1. The Balaban J connectivity index is 1.99. The van der Waals surface area contributed by atoms with Gasteiger partial charge in [-0.2, -0.15) is 5.26 Å². The van der Waals surface area contributed by atoms with E-state index in [1.54, 1.807) is 0 Å². The van der Waals surface area contributed by atoms with Crippen LogP contribution in [0.25, 0.3) is 0 Å². The van der Waals surface area contributed by atoms with E-state index < -0.39 is 11.5 Å². The molecule has 0 amide bonds. The number of fused-ring (bicyclic) bond motifs is 1. The molecule has 3 heteroatoms. The second kappa shape index (κ2) is 4.38. The standard InChI is InChI=1S/C15H17NO2/c16-10-15(14(17)13-6-3-9-18-13)8-7-11-4-1-2-5-12(11)15/h1-2,4-5,13-14,17H,3,6-9H2. The van der Waals surface area contributed by atoms with Gasteiger partial charge in [0, 0.05) is 6.61 Å². The van der Waals surface area contributed by atoms with Crippen molar-refractivity contribution >= 4 is 0 Å². The summed E-state index contributed by atoms with van der Waals surface area (Å²) in [6.45, 7) is 0.699. The number of ether oxygens (including phenoxy) is 1. The maximum Gasteiger partial charge on any atom is 0.111 e. The molecule has 0 radical (unpaired) electrons. The van der Waals surface area contributed by atoms with Gasteiger partial charge < -0.3 is 9.84 Å². The van der Waals surface area contributed by atoms with Crippen molar-refractivity contribution < 1.29 is 9.84 Å². The van der Waals surface area contributed by atoms with Gasteiger partial charge >= 0.3 is 0 Å². The zero-order valence-electron chi connectivity index (χ0n) is 10.3. The van der Waals surface area contributed by atoms with E-state index in [4.69, 9.17) is 4.74 Å². The van der Waals surface area contributed by atoms with Crippen molar-refractivity contribution in [2.75, 3.05) is 6.61 Å². The van der Waals surface area contributed by atoms with E-state index >= 15 is 0 Å². The van der Waals surface area contributed by atoms with Gasteiger partial charge in [0.15, 0.2) is 0 Å². The Bertz CT molecular complexity index is 488. The number of aliphatic hydroxyl groups is 1. The van der Waals surface area contributed by atoms with Gasteiger partial charge in [0.1, 0.15) is 11.5 Å². The third-order valence-corrected chi connectivity index (χ3v) is 4.31. The molecule has 1 aliphatic heterocycles. The fourth-order valence-electron chi connectivity index (χ4n) is 3.30. The van der Waals surface area contributed by atoms with Crippen molar-refractivity contribution in [3.05, 3.63) is 35.4 Å². The number of aliphatic hydroxyl groups excluding tert-OH is 1. The molecule has 3 unspecified atom stereocenters. The van der Waals surface area contributed by atoms with E-state index in [0.29, 0.717) is 13.0 Å². The summed E-state index contributed by atoms with van der Waals surface area (Å²) >= 11 is 0. The minimum absolute atomic E-state index is 0.184.